The lowest BCUT2D eigenvalue weighted by atomic mass is 9.59. The number of hydrogen-bond donors (Lipinski definition) is 0. The molecule has 0 N–H and O–H groups in total. The maximum atomic E-state index is 12.5. The Bertz CT molecular complexity index is 552. The van der Waals surface area contributed by atoms with Crippen LogP contribution in [0.25, 0.3) is 0 Å². The molecule has 2 nitrogen and oxygen atoms in total. The Kier molecular flexibility index (Phi) is 4.05. The van der Waals surface area contributed by atoms with Crippen LogP contribution < -0.4 is 0 Å². The highest BCUT2D eigenvalue weighted by atomic mass is 28.4. The monoisotopic (exact) mass is 320 g/mol. The van der Waals surface area contributed by atoms with E-state index in [1.54, 1.807) is 0 Å². The summed E-state index contributed by atoms with van der Waals surface area (Å²) in [6.45, 7) is 15.3. The van der Waals surface area contributed by atoms with E-state index < -0.39 is 21.8 Å². The van der Waals surface area contributed by atoms with Crippen molar-refractivity contribution in [1.29, 1.82) is 0 Å². The Labute approximate surface area is 131 Å². The Morgan fingerprint density at radius 1 is 1.24 bits per heavy atom. The van der Waals surface area contributed by atoms with Crippen molar-refractivity contribution < 1.29 is 9.22 Å². The molecule has 2 atom stereocenters. The summed E-state index contributed by atoms with van der Waals surface area (Å²) in [6.07, 6.45) is 2.78. The van der Waals surface area contributed by atoms with Crippen molar-refractivity contribution in [3.05, 3.63) is 11.3 Å². The van der Waals surface area contributed by atoms with Crippen LogP contribution in [-0.2, 0) is 9.22 Å². The van der Waals surface area contributed by atoms with E-state index in [2.05, 4.69) is 50.7 Å². The summed E-state index contributed by atoms with van der Waals surface area (Å²) in [4.78, 5) is 12.5. The van der Waals surface area contributed by atoms with Crippen molar-refractivity contribution in [2.24, 2.45) is 11.3 Å². The average molecular weight is 321 g/mol. The molecule has 0 amide bonds. The summed E-state index contributed by atoms with van der Waals surface area (Å²) in [6, 6.07) is 0. The van der Waals surface area contributed by atoms with Gasteiger partial charge < -0.3 is 4.43 Å². The molecule has 21 heavy (non-hydrogen) atoms. The van der Waals surface area contributed by atoms with Crippen LogP contribution in [-0.4, -0.2) is 22.2 Å². The molecule has 0 aliphatic heterocycles. The third-order valence-corrected chi connectivity index (χ3v) is 6.02. The van der Waals surface area contributed by atoms with Gasteiger partial charge in [0, 0.05) is 6.42 Å². The highest BCUT2D eigenvalue weighted by Gasteiger charge is 2.60. The molecule has 0 aromatic carbocycles. The molecule has 2 aliphatic rings. The van der Waals surface area contributed by atoms with Gasteiger partial charge in [-0.05, 0) is 50.9 Å². The molecule has 2 fully saturated rings. The minimum atomic E-state index is -1.64. The van der Waals surface area contributed by atoms with Crippen molar-refractivity contribution >= 4 is 22.2 Å². The molecular weight excluding hydrogens is 292 g/mol. The first kappa shape index (κ1) is 16.6. The van der Waals surface area contributed by atoms with Gasteiger partial charge in [0.05, 0.1) is 5.76 Å². The van der Waals surface area contributed by atoms with Crippen LogP contribution in [0.1, 0.15) is 26.2 Å². The number of rotatable bonds is 2. The second-order valence-corrected chi connectivity index (χ2v) is 17.6. The summed E-state index contributed by atoms with van der Waals surface area (Å²) >= 11 is 0. The zero-order valence-corrected chi connectivity index (χ0v) is 16.5. The number of carbonyl (C=O) groups is 1. The topological polar surface area (TPSA) is 26.3 Å². The summed E-state index contributed by atoms with van der Waals surface area (Å²) in [7, 11) is -3.11. The smallest absolute Gasteiger partial charge is 0.241 e. The minimum absolute atomic E-state index is 0.323. The molecule has 0 heterocycles. The fraction of sp³-hybridized carbons (Fsp3) is 0.706. The molecular formula is C17H28O2Si2. The van der Waals surface area contributed by atoms with E-state index in [-0.39, 0.29) is 0 Å². The lowest BCUT2D eigenvalue weighted by Crippen LogP contribution is -2.47. The van der Waals surface area contributed by atoms with Crippen LogP contribution in [0.15, 0.2) is 11.3 Å². The molecule has 0 aromatic heterocycles. The van der Waals surface area contributed by atoms with Crippen LogP contribution >= 0.6 is 0 Å². The molecule has 0 bridgehead atoms. The quantitative estimate of drug-likeness (QED) is 0.429. The van der Waals surface area contributed by atoms with Gasteiger partial charge in [-0.15, -0.1) is 5.54 Å². The molecule has 116 valence electrons. The Morgan fingerprint density at radius 2 is 1.86 bits per heavy atom. The van der Waals surface area contributed by atoms with Gasteiger partial charge in [0.2, 0.25) is 8.32 Å². The largest absolute Gasteiger partial charge is 0.548 e. The van der Waals surface area contributed by atoms with Crippen molar-refractivity contribution in [3.63, 3.8) is 0 Å². The van der Waals surface area contributed by atoms with Crippen LogP contribution in [0.3, 0.4) is 0 Å². The first-order valence-electron chi connectivity index (χ1n) is 7.92. The van der Waals surface area contributed by atoms with Crippen LogP contribution in [0.5, 0.6) is 0 Å². The summed E-state index contributed by atoms with van der Waals surface area (Å²) in [5.41, 5.74) is 4.16. The van der Waals surface area contributed by atoms with Gasteiger partial charge >= 0.3 is 0 Å². The van der Waals surface area contributed by atoms with E-state index in [0.717, 1.165) is 18.6 Å². The fourth-order valence-corrected chi connectivity index (χ4v) is 5.01. The Balaban J connectivity index is 2.44. The zero-order chi connectivity index (χ0) is 16.1. The predicted molar refractivity (Wildman–Crippen MR) is 93.0 cm³/mol. The van der Waals surface area contributed by atoms with Crippen LogP contribution in [0, 0.1) is 22.8 Å². The van der Waals surface area contributed by atoms with Crippen molar-refractivity contribution in [2.45, 2.75) is 65.5 Å². The van der Waals surface area contributed by atoms with E-state index >= 15 is 0 Å². The Hall–Kier alpha value is -0.796. The van der Waals surface area contributed by atoms with E-state index in [9.17, 15) is 4.79 Å². The first-order valence-corrected chi connectivity index (χ1v) is 14.8. The number of ketones is 1. The Morgan fingerprint density at radius 3 is 2.33 bits per heavy atom. The minimum Gasteiger partial charge on any atom is -0.548 e. The molecule has 0 saturated heterocycles. The lowest BCUT2D eigenvalue weighted by Gasteiger charge is -2.41. The molecule has 0 unspecified atom stereocenters. The van der Waals surface area contributed by atoms with Gasteiger partial charge in [0.25, 0.3) is 0 Å². The van der Waals surface area contributed by atoms with E-state index in [1.807, 2.05) is 6.92 Å². The number of allylic oxidation sites excluding steroid dienone is 2. The molecule has 4 heteroatoms. The molecule has 0 radical (unpaired) electrons. The number of fused-ring (bicyclic) bond motifs is 1. The van der Waals surface area contributed by atoms with Gasteiger partial charge in [-0.1, -0.05) is 25.6 Å². The number of hydrogen-bond acceptors (Lipinski definition) is 2. The van der Waals surface area contributed by atoms with Gasteiger partial charge in [0.1, 0.15) is 13.5 Å². The third kappa shape index (κ3) is 3.19. The SMILES string of the molecule is C/C(O[Si](C)(C)C)=C1/CC[C@@H]2CC(=O)[C@]12C#C[Si](C)(C)C. The zero-order valence-electron chi connectivity index (χ0n) is 14.5. The van der Waals surface area contributed by atoms with Crippen molar-refractivity contribution in [1.82, 2.24) is 0 Å². The molecule has 0 aromatic rings. The predicted octanol–water partition coefficient (Wildman–Crippen LogP) is 4.36. The standard InChI is InChI=1S/C17H28O2Si2/c1-13(19-21(5,6)7)15-9-8-14-12-16(18)17(14,15)10-11-20(2,3)4/h14H,8-9,12H2,1-7H3/b15-13+/t14-,17+/m1/s1. The summed E-state index contributed by atoms with van der Waals surface area (Å²) in [5.74, 6) is 5.18. The summed E-state index contributed by atoms with van der Waals surface area (Å²) in [5, 5.41) is 0. The van der Waals surface area contributed by atoms with E-state index in [4.69, 9.17) is 4.43 Å². The molecule has 2 aliphatic carbocycles. The fourth-order valence-electron chi connectivity index (χ4n) is 3.39. The second kappa shape index (κ2) is 5.13. The average Bonchev–Trinajstić information content (AvgIpc) is 2.56. The highest BCUT2D eigenvalue weighted by Crippen LogP contribution is 2.58. The first-order chi connectivity index (χ1) is 9.46. The van der Waals surface area contributed by atoms with E-state index in [0.29, 0.717) is 18.1 Å². The molecule has 2 saturated carbocycles. The maximum absolute atomic E-state index is 12.5. The van der Waals surface area contributed by atoms with Gasteiger partial charge in [-0.3, -0.25) is 4.79 Å². The normalized spacial score (nSPS) is 31.0. The van der Waals surface area contributed by atoms with Gasteiger partial charge in [0.15, 0.2) is 5.78 Å². The maximum Gasteiger partial charge on any atom is 0.241 e. The summed E-state index contributed by atoms with van der Waals surface area (Å²) < 4.78 is 6.19. The van der Waals surface area contributed by atoms with Crippen molar-refractivity contribution in [2.75, 3.05) is 0 Å². The van der Waals surface area contributed by atoms with Crippen molar-refractivity contribution in [3.8, 4) is 11.5 Å². The van der Waals surface area contributed by atoms with Crippen LogP contribution in [0.2, 0.25) is 39.3 Å². The lowest BCUT2D eigenvalue weighted by molar-refractivity contribution is -0.135. The molecule has 0 spiro atoms. The number of Topliss-reactive ketones (excluding diaryl/α,β-unsaturated/α-hetero) is 1. The van der Waals surface area contributed by atoms with Gasteiger partial charge in [-0.2, -0.15) is 0 Å². The second-order valence-electron chi connectivity index (χ2n) is 8.42. The van der Waals surface area contributed by atoms with E-state index in [1.165, 1.54) is 5.57 Å². The van der Waals surface area contributed by atoms with Gasteiger partial charge in [-0.25, -0.2) is 0 Å². The van der Waals surface area contributed by atoms with Crippen LogP contribution in [0.4, 0.5) is 0 Å². The third-order valence-electron chi connectivity index (χ3n) is 4.22. The molecule has 2 rings (SSSR count). The number of carbonyl (C=O) groups excluding carboxylic acids is 1. The highest BCUT2D eigenvalue weighted by molar-refractivity contribution is 6.83.